The molecule has 0 aromatic heterocycles. The minimum atomic E-state index is -1.10. The van der Waals surface area contributed by atoms with Gasteiger partial charge >= 0.3 is 0 Å². The highest BCUT2D eigenvalue weighted by Crippen LogP contribution is 2.21. The zero-order valence-electron chi connectivity index (χ0n) is 14.5. The maximum Gasteiger partial charge on any atom is 0.235 e. The molecule has 1 aromatic rings. The van der Waals surface area contributed by atoms with Crippen LogP contribution in [0.3, 0.4) is 0 Å². The number of hydrogen-bond donors (Lipinski definition) is 2. The molecule has 0 aliphatic heterocycles. The second-order valence-electron chi connectivity index (χ2n) is 7.06. The summed E-state index contributed by atoms with van der Waals surface area (Å²) in [5.41, 5.74) is -0.263. The van der Waals surface area contributed by atoms with Crippen LogP contribution in [0.15, 0.2) is 24.3 Å². The van der Waals surface area contributed by atoms with Gasteiger partial charge in [-0.05, 0) is 38.3 Å². The van der Waals surface area contributed by atoms with Gasteiger partial charge in [-0.15, -0.1) is 0 Å². The Hall–Kier alpha value is -1.55. The number of amides is 2. The van der Waals surface area contributed by atoms with Gasteiger partial charge in [-0.3, -0.25) is 9.59 Å². The van der Waals surface area contributed by atoms with Crippen molar-refractivity contribution in [2.45, 2.75) is 65.0 Å². The predicted octanol–water partition coefficient (Wildman–Crippen LogP) is 3.82. The molecule has 0 spiro atoms. The Labute approximate surface area is 149 Å². The quantitative estimate of drug-likeness (QED) is 0.626. The van der Waals surface area contributed by atoms with Crippen molar-refractivity contribution in [3.63, 3.8) is 0 Å². The predicted molar refractivity (Wildman–Crippen MR) is 96.7 cm³/mol. The van der Waals surface area contributed by atoms with Crippen LogP contribution in [0.4, 0.5) is 0 Å². The fraction of sp³-hybridized carbons (Fsp3) is 0.579. The number of hydrogen-bond acceptors (Lipinski definition) is 2. The Bertz CT molecular complexity index is 578. The Morgan fingerprint density at radius 3 is 2.33 bits per heavy atom. The molecule has 1 aliphatic carbocycles. The van der Waals surface area contributed by atoms with Crippen molar-refractivity contribution in [2.24, 2.45) is 5.41 Å². The molecular formula is C19H27ClN2O2. The summed E-state index contributed by atoms with van der Waals surface area (Å²) in [5.74, 6) is -0.486. The molecule has 0 atom stereocenters. The van der Waals surface area contributed by atoms with Crippen LogP contribution in [-0.2, 0) is 16.1 Å². The fourth-order valence-corrected chi connectivity index (χ4v) is 3.13. The van der Waals surface area contributed by atoms with E-state index in [1.165, 1.54) is 12.8 Å². The van der Waals surface area contributed by atoms with Crippen LogP contribution >= 0.6 is 11.6 Å². The number of rotatable bonds is 5. The van der Waals surface area contributed by atoms with Gasteiger partial charge in [-0.25, -0.2) is 0 Å². The summed E-state index contributed by atoms with van der Waals surface area (Å²) in [6, 6.07) is 7.55. The second kappa shape index (κ2) is 8.52. The molecule has 2 amide bonds. The summed E-state index contributed by atoms with van der Waals surface area (Å²) in [4.78, 5) is 25.1. The molecule has 0 unspecified atom stereocenters. The maximum absolute atomic E-state index is 12.6. The third-order valence-corrected chi connectivity index (χ3v) is 5.09. The van der Waals surface area contributed by atoms with Crippen molar-refractivity contribution < 1.29 is 9.59 Å². The highest BCUT2D eigenvalue weighted by atomic mass is 35.5. The highest BCUT2D eigenvalue weighted by Gasteiger charge is 2.36. The lowest BCUT2D eigenvalue weighted by molar-refractivity contribution is -0.141. The fourth-order valence-electron chi connectivity index (χ4n) is 2.93. The molecule has 0 saturated heterocycles. The largest absolute Gasteiger partial charge is 0.352 e. The van der Waals surface area contributed by atoms with Gasteiger partial charge < -0.3 is 10.6 Å². The SMILES string of the molecule is CC(C)(C(=O)NCc1ccccc1Cl)C(=O)NC1CCCCCC1. The van der Waals surface area contributed by atoms with Crippen LogP contribution in [0.25, 0.3) is 0 Å². The summed E-state index contributed by atoms with van der Waals surface area (Å²) in [6.45, 7) is 3.65. The maximum atomic E-state index is 12.6. The molecule has 0 radical (unpaired) electrons. The van der Waals surface area contributed by atoms with E-state index in [-0.39, 0.29) is 17.9 Å². The molecule has 1 fully saturated rings. The van der Waals surface area contributed by atoms with E-state index in [1.807, 2.05) is 18.2 Å². The molecule has 2 N–H and O–H groups in total. The highest BCUT2D eigenvalue weighted by molar-refractivity contribution is 6.31. The number of nitrogens with one attached hydrogen (secondary N) is 2. The zero-order valence-corrected chi connectivity index (χ0v) is 15.3. The number of halogens is 1. The third kappa shape index (κ3) is 4.97. The lowest BCUT2D eigenvalue weighted by atomic mass is 9.90. The summed E-state index contributed by atoms with van der Waals surface area (Å²) in [7, 11) is 0. The minimum absolute atomic E-state index is 0.190. The number of benzene rings is 1. The van der Waals surface area contributed by atoms with E-state index in [0.717, 1.165) is 31.2 Å². The molecule has 4 nitrogen and oxygen atoms in total. The van der Waals surface area contributed by atoms with Crippen molar-refractivity contribution in [2.75, 3.05) is 0 Å². The Morgan fingerprint density at radius 1 is 1.08 bits per heavy atom. The standard InChI is InChI=1S/C19H27ClN2O2/c1-19(2,18(24)22-15-10-5-3-4-6-11-15)17(23)21-13-14-9-7-8-12-16(14)20/h7-9,12,15H,3-6,10-11,13H2,1-2H3,(H,21,23)(H,22,24). The van der Waals surface area contributed by atoms with Crippen LogP contribution in [0.1, 0.15) is 57.9 Å². The van der Waals surface area contributed by atoms with Crippen molar-refractivity contribution in [1.82, 2.24) is 10.6 Å². The molecule has 132 valence electrons. The molecule has 0 heterocycles. The summed E-state index contributed by atoms with van der Waals surface area (Å²) in [5, 5.41) is 6.50. The first-order valence-electron chi connectivity index (χ1n) is 8.74. The molecule has 5 heteroatoms. The Morgan fingerprint density at radius 2 is 1.71 bits per heavy atom. The number of carbonyl (C=O) groups is 2. The van der Waals surface area contributed by atoms with Crippen LogP contribution in [0, 0.1) is 5.41 Å². The average molecular weight is 351 g/mol. The Balaban J connectivity index is 1.91. The molecule has 0 bridgehead atoms. The second-order valence-corrected chi connectivity index (χ2v) is 7.47. The third-order valence-electron chi connectivity index (χ3n) is 4.72. The van der Waals surface area contributed by atoms with Crippen LogP contribution in [0.2, 0.25) is 5.02 Å². The monoisotopic (exact) mass is 350 g/mol. The van der Waals surface area contributed by atoms with Crippen molar-refractivity contribution in [1.29, 1.82) is 0 Å². The van der Waals surface area contributed by atoms with Crippen molar-refractivity contribution >= 4 is 23.4 Å². The lowest BCUT2D eigenvalue weighted by Gasteiger charge is -2.26. The van der Waals surface area contributed by atoms with Gasteiger partial charge in [-0.2, -0.15) is 0 Å². The summed E-state index contributed by atoms with van der Waals surface area (Å²) < 4.78 is 0. The zero-order chi connectivity index (χ0) is 17.6. The first-order valence-corrected chi connectivity index (χ1v) is 9.11. The van der Waals surface area contributed by atoms with E-state index in [0.29, 0.717) is 11.6 Å². The average Bonchev–Trinajstić information content (AvgIpc) is 2.82. The van der Waals surface area contributed by atoms with Gasteiger partial charge in [0, 0.05) is 17.6 Å². The summed E-state index contributed by atoms with van der Waals surface area (Å²) >= 11 is 6.10. The normalized spacial score (nSPS) is 16.3. The van der Waals surface area contributed by atoms with E-state index in [9.17, 15) is 9.59 Å². The smallest absolute Gasteiger partial charge is 0.235 e. The van der Waals surface area contributed by atoms with Gasteiger partial charge in [0.25, 0.3) is 0 Å². The summed E-state index contributed by atoms with van der Waals surface area (Å²) in [6.07, 6.45) is 6.75. The van der Waals surface area contributed by atoms with E-state index in [4.69, 9.17) is 11.6 Å². The van der Waals surface area contributed by atoms with Crippen molar-refractivity contribution in [3.05, 3.63) is 34.9 Å². The van der Waals surface area contributed by atoms with Gasteiger partial charge in [0.15, 0.2) is 0 Å². The molecular weight excluding hydrogens is 324 g/mol. The van der Waals surface area contributed by atoms with E-state index in [1.54, 1.807) is 19.9 Å². The van der Waals surface area contributed by atoms with Crippen molar-refractivity contribution in [3.8, 4) is 0 Å². The Kier molecular flexibility index (Phi) is 6.67. The number of carbonyl (C=O) groups excluding carboxylic acids is 2. The first-order chi connectivity index (χ1) is 11.4. The molecule has 2 rings (SSSR count). The van der Waals surface area contributed by atoms with E-state index in [2.05, 4.69) is 10.6 Å². The molecule has 1 saturated carbocycles. The molecule has 1 aliphatic rings. The molecule has 1 aromatic carbocycles. The van der Waals surface area contributed by atoms with E-state index < -0.39 is 5.41 Å². The topological polar surface area (TPSA) is 58.2 Å². The van der Waals surface area contributed by atoms with Gasteiger partial charge in [0.1, 0.15) is 5.41 Å². The van der Waals surface area contributed by atoms with Crippen LogP contribution in [0.5, 0.6) is 0 Å². The van der Waals surface area contributed by atoms with Gasteiger partial charge in [0.2, 0.25) is 11.8 Å². The first kappa shape index (κ1) is 18.8. The lowest BCUT2D eigenvalue weighted by Crippen LogP contribution is -2.50. The van der Waals surface area contributed by atoms with Crippen LogP contribution < -0.4 is 10.6 Å². The van der Waals surface area contributed by atoms with E-state index >= 15 is 0 Å². The van der Waals surface area contributed by atoms with Gasteiger partial charge in [-0.1, -0.05) is 55.5 Å². The van der Waals surface area contributed by atoms with Gasteiger partial charge in [0.05, 0.1) is 0 Å². The minimum Gasteiger partial charge on any atom is -0.352 e. The van der Waals surface area contributed by atoms with Crippen LogP contribution in [-0.4, -0.2) is 17.9 Å². The molecule has 24 heavy (non-hydrogen) atoms.